The largest absolute Gasteiger partial charge is 0.374 e. The van der Waals surface area contributed by atoms with Gasteiger partial charge in [-0.15, -0.1) is 0 Å². The Bertz CT molecular complexity index is 733. The van der Waals surface area contributed by atoms with Crippen molar-refractivity contribution in [3.8, 4) is 0 Å². The summed E-state index contributed by atoms with van der Waals surface area (Å²) < 4.78 is 0. The number of rotatable bonds is 5. The Morgan fingerprint density at radius 2 is 1.96 bits per heavy atom. The Kier molecular flexibility index (Phi) is 6.03. The third kappa shape index (κ3) is 4.18. The van der Waals surface area contributed by atoms with Crippen LogP contribution < -0.4 is 5.32 Å². The molecule has 0 saturated heterocycles. The molecule has 0 radical (unpaired) electrons. The van der Waals surface area contributed by atoms with Crippen LogP contribution in [0.2, 0.25) is 10.0 Å². The number of aliphatic hydroxyl groups is 1. The molecule has 0 bridgehead atoms. The number of aliphatic hydroxyl groups excluding tert-OH is 1. The topological polar surface area (TPSA) is 35.5 Å². The zero-order chi connectivity index (χ0) is 18.0. The summed E-state index contributed by atoms with van der Waals surface area (Å²) in [6, 6.07) is 12.0. The summed E-state index contributed by atoms with van der Waals surface area (Å²) in [7, 11) is 2.10. The van der Waals surface area contributed by atoms with Gasteiger partial charge in [0.25, 0.3) is 0 Å². The summed E-state index contributed by atoms with van der Waals surface area (Å²) in [5.41, 5.74) is 4.44. The van der Waals surface area contributed by atoms with Gasteiger partial charge >= 0.3 is 0 Å². The molecule has 134 valence electrons. The van der Waals surface area contributed by atoms with Gasteiger partial charge in [-0.2, -0.15) is 0 Å². The molecule has 0 amide bonds. The Labute approximate surface area is 159 Å². The van der Waals surface area contributed by atoms with Crippen molar-refractivity contribution in [2.24, 2.45) is 0 Å². The van der Waals surface area contributed by atoms with E-state index >= 15 is 0 Å². The molecule has 3 nitrogen and oxygen atoms in total. The molecule has 0 aromatic heterocycles. The predicted molar refractivity (Wildman–Crippen MR) is 104 cm³/mol. The Balaban J connectivity index is 1.90. The van der Waals surface area contributed by atoms with Crippen LogP contribution in [0.5, 0.6) is 0 Å². The minimum absolute atomic E-state index is 0.222. The molecule has 2 aromatic rings. The maximum absolute atomic E-state index is 10.2. The van der Waals surface area contributed by atoms with Gasteiger partial charge in [-0.25, -0.2) is 0 Å². The Morgan fingerprint density at radius 1 is 1.24 bits per heavy atom. The van der Waals surface area contributed by atoms with Crippen LogP contribution in [0.1, 0.15) is 47.7 Å². The standard InChI is InChI=1S/C20H24Cl2N2O/c1-3-8-23-20(25)14-6-4-13(5-7-14)17-11-24(2)12-18-16(17)9-15(21)10-19(18)22/h4-7,9-10,17,20,23,25H,3,8,11-12H2,1-2H3. The van der Waals surface area contributed by atoms with Crippen molar-refractivity contribution in [2.45, 2.75) is 32.0 Å². The van der Waals surface area contributed by atoms with Crippen molar-refractivity contribution in [2.75, 3.05) is 20.1 Å². The minimum atomic E-state index is -0.626. The van der Waals surface area contributed by atoms with Gasteiger partial charge in [-0.05, 0) is 54.4 Å². The first-order valence-corrected chi connectivity index (χ1v) is 9.42. The summed E-state index contributed by atoms with van der Waals surface area (Å²) in [5.74, 6) is 0.222. The second-order valence-electron chi connectivity index (χ2n) is 6.73. The summed E-state index contributed by atoms with van der Waals surface area (Å²) in [4.78, 5) is 2.28. The normalized spacial score (nSPS) is 18.8. The number of hydrogen-bond donors (Lipinski definition) is 2. The highest BCUT2D eigenvalue weighted by atomic mass is 35.5. The second-order valence-corrected chi connectivity index (χ2v) is 7.57. The quantitative estimate of drug-likeness (QED) is 0.748. The maximum Gasteiger partial charge on any atom is 0.131 e. The van der Waals surface area contributed by atoms with Gasteiger partial charge in [0.2, 0.25) is 0 Å². The molecule has 3 rings (SSSR count). The number of nitrogens with zero attached hydrogens (tertiary/aromatic N) is 1. The lowest BCUT2D eigenvalue weighted by Crippen LogP contribution is -2.31. The second kappa shape index (κ2) is 8.07. The summed E-state index contributed by atoms with van der Waals surface area (Å²) in [6.07, 6.45) is 0.362. The van der Waals surface area contributed by atoms with Gasteiger partial charge in [0.05, 0.1) is 0 Å². The molecule has 1 aliphatic rings. The molecular formula is C20H24Cl2N2O. The van der Waals surface area contributed by atoms with E-state index in [1.165, 1.54) is 11.1 Å². The van der Waals surface area contributed by atoms with Gasteiger partial charge < -0.3 is 10.0 Å². The third-order valence-corrected chi connectivity index (χ3v) is 5.29. The van der Waals surface area contributed by atoms with Crippen molar-refractivity contribution >= 4 is 23.2 Å². The van der Waals surface area contributed by atoms with E-state index < -0.39 is 6.23 Å². The molecule has 0 fully saturated rings. The molecule has 25 heavy (non-hydrogen) atoms. The Hall–Kier alpha value is -1.10. The fourth-order valence-electron chi connectivity index (χ4n) is 3.44. The summed E-state index contributed by atoms with van der Waals surface area (Å²) >= 11 is 12.7. The van der Waals surface area contributed by atoms with E-state index in [0.717, 1.165) is 42.2 Å². The lowest BCUT2D eigenvalue weighted by Gasteiger charge is -2.33. The van der Waals surface area contributed by atoms with Crippen molar-refractivity contribution in [3.63, 3.8) is 0 Å². The lowest BCUT2D eigenvalue weighted by atomic mass is 9.84. The lowest BCUT2D eigenvalue weighted by molar-refractivity contribution is 0.139. The van der Waals surface area contributed by atoms with Gasteiger partial charge in [0.1, 0.15) is 6.23 Å². The third-order valence-electron chi connectivity index (χ3n) is 4.73. The van der Waals surface area contributed by atoms with Crippen LogP contribution in [-0.2, 0) is 6.54 Å². The van der Waals surface area contributed by atoms with E-state index in [4.69, 9.17) is 23.2 Å². The molecule has 1 aliphatic heterocycles. The molecule has 0 saturated carbocycles. The fraction of sp³-hybridized carbons (Fsp3) is 0.400. The van der Waals surface area contributed by atoms with Crippen molar-refractivity contribution in [1.29, 1.82) is 0 Å². The van der Waals surface area contributed by atoms with Gasteiger partial charge in [0.15, 0.2) is 0 Å². The van der Waals surface area contributed by atoms with E-state index in [1.54, 1.807) is 0 Å². The van der Waals surface area contributed by atoms with Crippen molar-refractivity contribution in [3.05, 3.63) is 68.7 Å². The minimum Gasteiger partial charge on any atom is -0.374 e. The van der Waals surface area contributed by atoms with Crippen LogP contribution in [0.15, 0.2) is 36.4 Å². The average Bonchev–Trinajstić information content (AvgIpc) is 2.60. The molecule has 0 aliphatic carbocycles. The first kappa shape index (κ1) is 18.7. The van der Waals surface area contributed by atoms with Crippen molar-refractivity contribution in [1.82, 2.24) is 10.2 Å². The van der Waals surface area contributed by atoms with Crippen LogP contribution in [0.3, 0.4) is 0 Å². The summed E-state index contributed by atoms with van der Waals surface area (Å²) in [6.45, 7) is 4.62. The number of likely N-dealkylation sites (N-methyl/N-ethyl adjacent to an activating group) is 1. The molecule has 1 heterocycles. The molecular weight excluding hydrogens is 355 g/mol. The number of benzene rings is 2. The highest BCUT2D eigenvalue weighted by Crippen LogP contribution is 2.38. The van der Waals surface area contributed by atoms with Crippen LogP contribution >= 0.6 is 23.2 Å². The van der Waals surface area contributed by atoms with E-state index in [0.29, 0.717) is 5.02 Å². The highest BCUT2D eigenvalue weighted by Gasteiger charge is 2.27. The SMILES string of the molecule is CCCNC(O)c1ccc(C2CN(C)Cc3c(Cl)cc(Cl)cc32)cc1. The maximum atomic E-state index is 10.2. The zero-order valence-electron chi connectivity index (χ0n) is 14.6. The smallest absolute Gasteiger partial charge is 0.131 e. The van der Waals surface area contributed by atoms with Crippen LogP contribution in [-0.4, -0.2) is 30.1 Å². The first-order valence-electron chi connectivity index (χ1n) is 8.67. The number of hydrogen-bond acceptors (Lipinski definition) is 3. The van der Waals surface area contributed by atoms with Gasteiger partial charge in [-0.3, -0.25) is 5.32 Å². The highest BCUT2D eigenvalue weighted by molar-refractivity contribution is 6.35. The van der Waals surface area contributed by atoms with Gasteiger partial charge in [-0.1, -0.05) is 54.4 Å². The van der Waals surface area contributed by atoms with Crippen LogP contribution in [0.25, 0.3) is 0 Å². The predicted octanol–water partition coefficient (Wildman–Crippen LogP) is 4.56. The molecule has 2 N–H and O–H groups in total. The van der Waals surface area contributed by atoms with E-state index in [2.05, 4.69) is 36.3 Å². The van der Waals surface area contributed by atoms with Gasteiger partial charge in [0, 0.05) is 29.1 Å². The monoisotopic (exact) mass is 378 g/mol. The summed E-state index contributed by atoms with van der Waals surface area (Å²) in [5, 5.41) is 14.7. The van der Waals surface area contributed by atoms with E-state index in [-0.39, 0.29) is 5.92 Å². The first-order chi connectivity index (χ1) is 12.0. The van der Waals surface area contributed by atoms with Crippen LogP contribution in [0.4, 0.5) is 0 Å². The number of fused-ring (bicyclic) bond motifs is 1. The molecule has 2 aromatic carbocycles. The molecule has 2 unspecified atom stereocenters. The Morgan fingerprint density at radius 3 is 2.64 bits per heavy atom. The van der Waals surface area contributed by atoms with E-state index in [1.807, 2.05) is 24.3 Å². The van der Waals surface area contributed by atoms with E-state index in [9.17, 15) is 5.11 Å². The number of halogens is 2. The van der Waals surface area contributed by atoms with Crippen LogP contribution in [0, 0.1) is 0 Å². The fourth-order valence-corrected chi connectivity index (χ4v) is 4.01. The average molecular weight is 379 g/mol. The molecule has 2 atom stereocenters. The number of nitrogens with one attached hydrogen (secondary N) is 1. The molecule has 5 heteroatoms. The molecule has 0 spiro atoms. The van der Waals surface area contributed by atoms with Crippen molar-refractivity contribution < 1.29 is 5.11 Å². The zero-order valence-corrected chi connectivity index (χ0v) is 16.1.